The molecular formula is C25H23NO3. The van der Waals surface area contributed by atoms with Crippen LogP contribution in [0, 0.1) is 6.92 Å². The van der Waals surface area contributed by atoms with Crippen LogP contribution >= 0.6 is 0 Å². The Hall–Kier alpha value is -3.27. The third-order valence-corrected chi connectivity index (χ3v) is 5.98. The minimum atomic E-state index is -0.980. The van der Waals surface area contributed by atoms with Crippen molar-refractivity contribution in [1.29, 1.82) is 0 Å². The van der Waals surface area contributed by atoms with E-state index in [1.54, 1.807) is 0 Å². The lowest BCUT2D eigenvalue weighted by atomic mass is 9.77. The first-order chi connectivity index (χ1) is 14.1. The monoisotopic (exact) mass is 385 g/mol. The van der Waals surface area contributed by atoms with Gasteiger partial charge in [0.15, 0.2) is 5.60 Å². The lowest BCUT2D eigenvalue weighted by Crippen LogP contribution is -2.33. The number of hydrogen-bond donors (Lipinski definition) is 0. The number of benzene rings is 3. The lowest BCUT2D eigenvalue weighted by Gasteiger charge is -2.37. The molecule has 0 saturated carbocycles. The predicted octanol–water partition coefficient (Wildman–Crippen LogP) is 5.41. The average Bonchev–Trinajstić information content (AvgIpc) is 3.02. The first-order valence-corrected chi connectivity index (χ1v) is 10.1. The predicted molar refractivity (Wildman–Crippen MR) is 113 cm³/mol. The molecule has 4 heteroatoms. The zero-order valence-corrected chi connectivity index (χ0v) is 16.9. The van der Waals surface area contributed by atoms with Gasteiger partial charge in [0.05, 0.1) is 5.56 Å². The highest BCUT2D eigenvalue weighted by molar-refractivity contribution is 5.97. The molecule has 0 radical (unpaired) electrons. The second kappa shape index (κ2) is 6.38. The zero-order valence-electron chi connectivity index (χ0n) is 16.9. The fourth-order valence-electron chi connectivity index (χ4n) is 4.56. The minimum Gasteiger partial charge on any atom is -0.456 e. The van der Waals surface area contributed by atoms with Gasteiger partial charge in [0.2, 0.25) is 0 Å². The highest BCUT2D eigenvalue weighted by Crippen LogP contribution is 2.56. The molecule has 5 rings (SSSR count). The van der Waals surface area contributed by atoms with E-state index in [2.05, 4.69) is 30.9 Å². The van der Waals surface area contributed by atoms with Gasteiger partial charge in [-0.25, -0.2) is 4.79 Å². The van der Waals surface area contributed by atoms with E-state index in [4.69, 9.17) is 9.47 Å². The summed E-state index contributed by atoms with van der Waals surface area (Å²) < 4.78 is 12.5. The van der Waals surface area contributed by atoms with Gasteiger partial charge in [0.1, 0.15) is 11.5 Å². The maximum Gasteiger partial charge on any atom is 0.340 e. The summed E-state index contributed by atoms with van der Waals surface area (Å²) >= 11 is 0. The van der Waals surface area contributed by atoms with E-state index >= 15 is 0 Å². The summed E-state index contributed by atoms with van der Waals surface area (Å²) in [5, 5.41) is 0. The van der Waals surface area contributed by atoms with Gasteiger partial charge in [-0.05, 0) is 50.6 Å². The second-order valence-corrected chi connectivity index (χ2v) is 7.57. The molecule has 2 aliphatic rings. The van der Waals surface area contributed by atoms with Crippen molar-refractivity contribution in [3.63, 3.8) is 0 Å². The highest BCUT2D eigenvalue weighted by Gasteiger charge is 2.53. The summed E-state index contributed by atoms with van der Waals surface area (Å²) in [6.45, 7) is 8.13. The molecular weight excluding hydrogens is 362 g/mol. The number of hydrogen-bond acceptors (Lipinski definition) is 4. The Morgan fingerprint density at radius 3 is 2.31 bits per heavy atom. The van der Waals surface area contributed by atoms with E-state index in [-0.39, 0.29) is 5.97 Å². The Balaban J connectivity index is 1.80. The van der Waals surface area contributed by atoms with Gasteiger partial charge in [-0.15, -0.1) is 0 Å². The van der Waals surface area contributed by atoms with Crippen molar-refractivity contribution in [2.75, 3.05) is 18.0 Å². The van der Waals surface area contributed by atoms with Crippen LogP contribution < -0.4 is 9.64 Å². The summed E-state index contributed by atoms with van der Waals surface area (Å²) in [5.41, 5.74) is 4.42. The van der Waals surface area contributed by atoms with E-state index in [0.29, 0.717) is 5.56 Å². The number of carbonyl (C=O) groups is 1. The first-order valence-electron chi connectivity index (χ1n) is 10.1. The van der Waals surface area contributed by atoms with Gasteiger partial charge in [0, 0.05) is 41.5 Å². The van der Waals surface area contributed by atoms with Crippen molar-refractivity contribution in [3.05, 3.63) is 88.5 Å². The number of ether oxygens (including phenoxy) is 2. The number of anilines is 1. The quantitative estimate of drug-likeness (QED) is 0.565. The molecule has 2 heterocycles. The van der Waals surface area contributed by atoms with Crippen LogP contribution in [-0.2, 0) is 10.3 Å². The molecule has 29 heavy (non-hydrogen) atoms. The van der Waals surface area contributed by atoms with E-state index in [9.17, 15) is 4.79 Å². The molecule has 0 bridgehead atoms. The van der Waals surface area contributed by atoms with E-state index < -0.39 is 5.60 Å². The number of aryl methyl sites for hydroxylation is 1. The van der Waals surface area contributed by atoms with Crippen LogP contribution in [0.1, 0.15) is 46.5 Å². The van der Waals surface area contributed by atoms with Crippen molar-refractivity contribution in [2.24, 2.45) is 0 Å². The smallest absolute Gasteiger partial charge is 0.340 e. The molecule has 1 unspecified atom stereocenters. The molecule has 1 spiro atoms. The molecule has 0 amide bonds. The maximum atomic E-state index is 12.8. The molecule has 146 valence electrons. The summed E-state index contributed by atoms with van der Waals surface area (Å²) in [4.78, 5) is 15.1. The van der Waals surface area contributed by atoms with E-state index in [1.807, 2.05) is 55.5 Å². The summed E-state index contributed by atoms with van der Waals surface area (Å²) in [6.07, 6.45) is 0. The zero-order chi connectivity index (χ0) is 20.2. The van der Waals surface area contributed by atoms with Crippen LogP contribution in [0.5, 0.6) is 11.5 Å². The van der Waals surface area contributed by atoms with Gasteiger partial charge in [-0.2, -0.15) is 0 Å². The van der Waals surface area contributed by atoms with Gasteiger partial charge in [-0.3, -0.25) is 0 Å². The van der Waals surface area contributed by atoms with Crippen molar-refractivity contribution < 1.29 is 14.3 Å². The van der Waals surface area contributed by atoms with Crippen LogP contribution in [0.4, 0.5) is 5.69 Å². The highest BCUT2D eigenvalue weighted by atomic mass is 16.6. The molecule has 1 atom stereocenters. The van der Waals surface area contributed by atoms with Gasteiger partial charge >= 0.3 is 5.97 Å². The Bertz CT molecular complexity index is 1130. The third kappa shape index (κ3) is 2.42. The van der Waals surface area contributed by atoms with Gasteiger partial charge < -0.3 is 14.4 Å². The first kappa shape index (κ1) is 17.8. The second-order valence-electron chi connectivity index (χ2n) is 7.57. The normalized spacial score (nSPS) is 18.5. The molecule has 0 fully saturated rings. The van der Waals surface area contributed by atoms with Crippen LogP contribution in [0.3, 0.4) is 0 Å². The fourth-order valence-corrected chi connectivity index (χ4v) is 4.56. The maximum absolute atomic E-state index is 12.8. The van der Waals surface area contributed by atoms with Gasteiger partial charge in [0.25, 0.3) is 0 Å². The molecule has 0 saturated heterocycles. The third-order valence-electron chi connectivity index (χ3n) is 5.98. The molecule has 0 aromatic heterocycles. The van der Waals surface area contributed by atoms with Crippen LogP contribution in [0.2, 0.25) is 0 Å². The summed E-state index contributed by atoms with van der Waals surface area (Å²) in [7, 11) is 0. The number of carbonyl (C=O) groups excluding carboxylic acids is 1. The molecule has 3 aromatic carbocycles. The van der Waals surface area contributed by atoms with Crippen molar-refractivity contribution in [3.8, 4) is 11.5 Å². The fraction of sp³-hybridized carbons (Fsp3) is 0.240. The Morgan fingerprint density at radius 2 is 1.55 bits per heavy atom. The molecule has 0 N–H and O–H groups in total. The van der Waals surface area contributed by atoms with E-state index in [0.717, 1.165) is 52.5 Å². The number of nitrogens with zero attached hydrogens (tertiary/aromatic N) is 1. The van der Waals surface area contributed by atoms with Crippen molar-refractivity contribution >= 4 is 11.7 Å². The Kier molecular flexibility index (Phi) is 3.91. The van der Waals surface area contributed by atoms with Gasteiger partial charge in [-0.1, -0.05) is 30.3 Å². The van der Waals surface area contributed by atoms with Crippen LogP contribution in [0.25, 0.3) is 0 Å². The summed E-state index contributed by atoms with van der Waals surface area (Å²) in [5.74, 6) is 1.17. The largest absolute Gasteiger partial charge is 0.456 e. The topological polar surface area (TPSA) is 38.8 Å². The van der Waals surface area contributed by atoms with Crippen molar-refractivity contribution in [1.82, 2.24) is 0 Å². The number of fused-ring (bicyclic) bond motifs is 6. The van der Waals surface area contributed by atoms with E-state index in [1.165, 1.54) is 0 Å². The average molecular weight is 385 g/mol. The Labute approximate surface area is 170 Å². The van der Waals surface area contributed by atoms with Crippen LogP contribution in [0.15, 0.2) is 60.7 Å². The standard InChI is InChI=1S/C25H23NO3/c1-4-26(5-2)17-11-13-21-23(15-17)28-22-14-16(3)10-12-20(22)25(21)19-9-7-6-8-18(19)24(27)29-25/h6-15H,4-5H2,1-3H3. The van der Waals surface area contributed by atoms with Crippen LogP contribution in [-0.4, -0.2) is 19.1 Å². The molecule has 2 aliphatic heterocycles. The summed E-state index contributed by atoms with van der Waals surface area (Å²) in [6, 6.07) is 19.9. The number of esters is 1. The number of rotatable bonds is 3. The van der Waals surface area contributed by atoms with Crippen molar-refractivity contribution in [2.45, 2.75) is 26.4 Å². The molecule has 4 nitrogen and oxygen atoms in total. The minimum absolute atomic E-state index is 0.298. The molecule has 3 aromatic rings. The SMILES string of the molecule is CCN(CC)c1ccc2c(c1)Oc1cc(C)ccc1C21OC(=O)c2ccccc21. The molecule has 0 aliphatic carbocycles. The Morgan fingerprint density at radius 1 is 0.862 bits per heavy atom. The lowest BCUT2D eigenvalue weighted by molar-refractivity contribution is 0.0224.